The molecule has 1 nitrogen and oxygen atoms in total. The summed E-state index contributed by atoms with van der Waals surface area (Å²) in [7, 11) is 0. The van der Waals surface area contributed by atoms with Crippen molar-refractivity contribution in [3.8, 4) is 5.75 Å². The zero-order valence-corrected chi connectivity index (χ0v) is 14.5. The van der Waals surface area contributed by atoms with Crippen molar-refractivity contribution >= 4 is 31.9 Å². The van der Waals surface area contributed by atoms with Crippen molar-refractivity contribution in [1.29, 1.82) is 0 Å². The molecule has 0 radical (unpaired) electrons. The molecule has 2 fully saturated rings. The predicted octanol–water partition coefficient (Wildman–Crippen LogP) is 5.62. The summed E-state index contributed by atoms with van der Waals surface area (Å²) in [5.74, 6) is 1.000. The molecule has 1 aromatic carbocycles. The van der Waals surface area contributed by atoms with Gasteiger partial charge in [-0.3, -0.25) is 0 Å². The first-order chi connectivity index (χ1) is 9.12. The number of hydrogen-bond acceptors (Lipinski definition) is 1. The van der Waals surface area contributed by atoms with Gasteiger partial charge in [-0.05, 0) is 59.8 Å². The van der Waals surface area contributed by atoms with Crippen LogP contribution in [-0.2, 0) is 0 Å². The number of rotatable bonds is 2. The second-order valence-electron chi connectivity index (χ2n) is 6.04. The fourth-order valence-corrected chi connectivity index (χ4v) is 5.24. The summed E-state index contributed by atoms with van der Waals surface area (Å²) in [5, 5.41) is 0. The lowest BCUT2D eigenvalue weighted by molar-refractivity contribution is -0.0604. The van der Waals surface area contributed by atoms with E-state index in [4.69, 9.17) is 4.74 Å². The predicted molar refractivity (Wildman–Crippen MR) is 86.1 cm³/mol. The third-order valence-electron chi connectivity index (χ3n) is 4.83. The molecular formula is C16H20Br2O. The van der Waals surface area contributed by atoms with Crippen LogP contribution in [0.5, 0.6) is 5.75 Å². The van der Waals surface area contributed by atoms with Crippen molar-refractivity contribution in [3.63, 3.8) is 0 Å². The Balaban J connectivity index is 1.76. The van der Waals surface area contributed by atoms with Gasteiger partial charge in [0.1, 0.15) is 11.9 Å². The maximum Gasteiger partial charge on any atom is 0.133 e. The molecule has 2 aliphatic carbocycles. The van der Waals surface area contributed by atoms with Gasteiger partial charge in [0.05, 0.1) is 4.47 Å². The smallest absolute Gasteiger partial charge is 0.133 e. The van der Waals surface area contributed by atoms with Crippen LogP contribution in [0, 0.1) is 12.3 Å². The number of aryl methyl sites for hydroxylation is 1. The van der Waals surface area contributed by atoms with Crippen LogP contribution in [0.15, 0.2) is 22.7 Å². The highest BCUT2D eigenvalue weighted by atomic mass is 79.9. The Morgan fingerprint density at radius 2 is 1.95 bits per heavy atom. The molecule has 3 rings (SSSR count). The van der Waals surface area contributed by atoms with Crippen LogP contribution in [0.4, 0.5) is 0 Å². The quantitative estimate of drug-likeness (QED) is 0.598. The van der Waals surface area contributed by atoms with Crippen LogP contribution in [0.3, 0.4) is 0 Å². The third-order valence-corrected chi connectivity index (χ3v) is 6.73. The monoisotopic (exact) mass is 386 g/mol. The molecule has 19 heavy (non-hydrogen) atoms. The fraction of sp³-hybridized carbons (Fsp3) is 0.625. The Kier molecular flexibility index (Phi) is 3.96. The lowest BCUT2D eigenvalue weighted by Crippen LogP contribution is -2.57. The zero-order valence-electron chi connectivity index (χ0n) is 11.3. The first-order valence-corrected chi connectivity index (χ1v) is 8.89. The largest absolute Gasteiger partial charge is 0.489 e. The molecule has 104 valence electrons. The molecule has 0 bridgehead atoms. The summed E-state index contributed by atoms with van der Waals surface area (Å²) in [6.07, 6.45) is 8.27. The molecule has 0 saturated heterocycles. The minimum atomic E-state index is 0.385. The van der Waals surface area contributed by atoms with Crippen LogP contribution >= 0.6 is 31.9 Å². The maximum atomic E-state index is 6.32. The van der Waals surface area contributed by atoms with E-state index in [1.807, 2.05) is 0 Å². The van der Waals surface area contributed by atoms with Gasteiger partial charge in [0, 0.05) is 10.2 Å². The second kappa shape index (κ2) is 5.40. The van der Waals surface area contributed by atoms with Gasteiger partial charge in [0.15, 0.2) is 0 Å². The average Bonchev–Trinajstić information content (AvgIpc) is 2.42. The number of benzene rings is 1. The first kappa shape index (κ1) is 13.9. The zero-order chi connectivity index (χ0) is 13.5. The molecule has 0 amide bonds. The van der Waals surface area contributed by atoms with Crippen molar-refractivity contribution in [2.45, 2.75) is 56.4 Å². The number of alkyl halides is 1. The van der Waals surface area contributed by atoms with Gasteiger partial charge in [0.25, 0.3) is 0 Å². The minimum Gasteiger partial charge on any atom is -0.489 e. The highest BCUT2D eigenvalue weighted by Crippen LogP contribution is 2.56. The molecule has 1 spiro atoms. The van der Waals surface area contributed by atoms with Gasteiger partial charge in [-0.15, -0.1) is 0 Å². The molecule has 0 N–H and O–H groups in total. The van der Waals surface area contributed by atoms with Crippen LogP contribution in [0.25, 0.3) is 0 Å². The van der Waals surface area contributed by atoms with Gasteiger partial charge in [-0.2, -0.15) is 0 Å². The topological polar surface area (TPSA) is 9.23 Å². The molecule has 0 heterocycles. The van der Waals surface area contributed by atoms with E-state index in [0.29, 0.717) is 16.3 Å². The van der Waals surface area contributed by atoms with E-state index < -0.39 is 0 Å². The normalized spacial score (nSPS) is 29.0. The highest BCUT2D eigenvalue weighted by Gasteiger charge is 2.55. The molecule has 0 aliphatic heterocycles. The van der Waals surface area contributed by atoms with E-state index in [-0.39, 0.29) is 0 Å². The Morgan fingerprint density at radius 3 is 2.58 bits per heavy atom. The van der Waals surface area contributed by atoms with E-state index in [9.17, 15) is 0 Å². The molecule has 2 aliphatic rings. The second-order valence-corrected chi connectivity index (χ2v) is 8.00. The minimum absolute atomic E-state index is 0.385. The Bertz CT molecular complexity index is 466. The Morgan fingerprint density at radius 1 is 1.21 bits per heavy atom. The molecule has 2 unspecified atom stereocenters. The Hall–Kier alpha value is -0.0200. The Labute approximate surface area is 132 Å². The molecule has 0 aromatic heterocycles. The average molecular weight is 388 g/mol. The van der Waals surface area contributed by atoms with E-state index in [2.05, 4.69) is 57.0 Å². The maximum absolute atomic E-state index is 6.32. The number of hydrogen-bond donors (Lipinski definition) is 0. The van der Waals surface area contributed by atoms with Gasteiger partial charge >= 0.3 is 0 Å². The van der Waals surface area contributed by atoms with E-state index in [1.165, 1.54) is 37.7 Å². The van der Waals surface area contributed by atoms with Crippen molar-refractivity contribution in [1.82, 2.24) is 0 Å². The van der Waals surface area contributed by atoms with Crippen molar-refractivity contribution in [3.05, 3.63) is 28.2 Å². The number of halogens is 2. The van der Waals surface area contributed by atoms with Gasteiger partial charge in [-0.25, -0.2) is 0 Å². The lowest BCUT2D eigenvalue weighted by atomic mass is 9.58. The van der Waals surface area contributed by atoms with E-state index >= 15 is 0 Å². The summed E-state index contributed by atoms with van der Waals surface area (Å²) in [6, 6.07) is 6.35. The van der Waals surface area contributed by atoms with Crippen molar-refractivity contribution in [2.24, 2.45) is 5.41 Å². The molecule has 2 atom stereocenters. The van der Waals surface area contributed by atoms with Crippen LogP contribution < -0.4 is 4.74 Å². The van der Waals surface area contributed by atoms with Crippen LogP contribution in [-0.4, -0.2) is 10.9 Å². The first-order valence-electron chi connectivity index (χ1n) is 7.19. The molecule has 2 saturated carbocycles. The third kappa shape index (κ3) is 2.49. The molecule has 3 heteroatoms. The molecular weight excluding hydrogens is 368 g/mol. The fourth-order valence-electron chi connectivity index (χ4n) is 3.56. The van der Waals surface area contributed by atoms with Gasteiger partial charge in [-0.1, -0.05) is 41.3 Å². The van der Waals surface area contributed by atoms with Crippen LogP contribution in [0.2, 0.25) is 0 Å². The summed E-state index contributed by atoms with van der Waals surface area (Å²) in [6.45, 7) is 2.11. The summed E-state index contributed by atoms with van der Waals surface area (Å²) < 4.78 is 7.40. The van der Waals surface area contributed by atoms with Gasteiger partial charge in [0.2, 0.25) is 0 Å². The lowest BCUT2D eigenvalue weighted by Gasteiger charge is -2.55. The summed E-state index contributed by atoms with van der Waals surface area (Å²) in [5.41, 5.74) is 1.65. The SMILES string of the molecule is Cc1ccc(OC2CC(Br)C23CCCCC3)c(Br)c1. The highest BCUT2D eigenvalue weighted by molar-refractivity contribution is 9.10. The van der Waals surface area contributed by atoms with Crippen LogP contribution in [0.1, 0.15) is 44.1 Å². The van der Waals surface area contributed by atoms with Crippen molar-refractivity contribution in [2.75, 3.05) is 0 Å². The summed E-state index contributed by atoms with van der Waals surface area (Å²) >= 11 is 7.49. The van der Waals surface area contributed by atoms with Crippen molar-refractivity contribution < 1.29 is 4.74 Å². The standard InChI is InChI=1S/C16H20Br2O/c1-11-5-6-13(12(17)9-11)19-15-10-14(18)16(15)7-3-2-4-8-16/h5-6,9,14-15H,2-4,7-8,10H2,1H3. The van der Waals surface area contributed by atoms with E-state index in [1.54, 1.807) is 0 Å². The summed E-state index contributed by atoms with van der Waals surface area (Å²) in [4.78, 5) is 0.648. The van der Waals surface area contributed by atoms with E-state index in [0.717, 1.165) is 16.6 Å². The number of ether oxygens (including phenoxy) is 1. The van der Waals surface area contributed by atoms with Gasteiger partial charge < -0.3 is 4.74 Å². The molecule has 1 aromatic rings.